The van der Waals surface area contributed by atoms with Crippen molar-refractivity contribution in [1.82, 2.24) is 4.98 Å². The van der Waals surface area contributed by atoms with E-state index in [2.05, 4.69) is 16.8 Å². The molecule has 2 aromatic rings. The van der Waals surface area contributed by atoms with Crippen LogP contribution in [0.1, 0.15) is 18.9 Å². The molecule has 3 nitrogen and oxygen atoms in total. The summed E-state index contributed by atoms with van der Waals surface area (Å²) in [5.41, 5.74) is 1.85. The maximum absolute atomic E-state index is 10.8. The highest BCUT2D eigenvalue weighted by atomic mass is 32.2. The van der Waals surface area contributed by atoms with Gasteiger partial charge in [-0.3, -0.25) is 4.79 Å². The van der Waals surface area contributed by atoms with Crippen LogP contribution < -0.4 is 4.74 Å². The van der Waals surface area contributed by atoms with E-state index in [1.165, 1.54) is 11.8 Å². The molecule has 0 bridgehead atoms. The molecule has 0 spiro atoms. The van der Waals surface area contributed by atoms with E-state index >= 15 is 0 Å². The van der Waals surface area contributed by atoms with Gasteiger partial charge < -0.3 is 4.74 Å². The lowest BCUT2D eigenvalue weighted by atomic mass is 10.1. The highest BCUT2D eigenvalue weighted by Crippen LogP contribution is 2.17. The minimum atomic E-state index is 0.137. The number of nitrogens with zero attached hydrogens (tertiary/aromatic N) is 1. The van der Waals surface area contributed by atoms with Crippen LogP contribution in [0.15, 0.2) is 30.3 Å². The van der Waals surface area contributed by atoms with Crippen molar-refractivity contribution in [3.05, 3.63) is 35.9 Å². The number of hydrogen-bond donors (Lipinski definition) is 0. The number of ether oxygens (including phenoxy) is 1. The maximum Gasteiger partial charge on any atom is 0.213 e. The lowest BCUT2D eigenvalue weighted by Crippen LogP contribution is -1.88. The van der Waals surface area contributed by atoms with Crippen LogP contribution in [0.25, 0.3) is 10.9 Å². The van der Waals surface area contributed by atoms with Gasteiger partial charge in [-0.05, 0) is 24.3 Å². The van der Waals surface area contributed by atoms with Gasteiger partial charge in [0.2, 0.25) is 5.88 Å². The standard InChI is InChI=1S/C16H15NO2S/c1-12(18)20-10-4-3-5-13-6-8-15-14(11-13)7-9-16(17-15)19-2/h6-9,11H,4,10H2,1-2H3. The lowest BCUT2D eigenvalue weighted by Gasteiger charge is -2.01. The van der Waals surface area contributed by atoms with Gasteiger partial charge in [0.25, 0.3) is 0 Å². The smallest absolute Gasteiger partial charge is 0.213 e. The molecule has 1 heterocycles. The number of hydrogen-bond acceptors (Lipinski definition) is 4. The van der Waals surface area contributed by atoms with Crippen molar-refractivity contribution in [2.45, 2.75) is 13.3 Å². The number of carbonyl (C=O) groups is 1. The van der Waals surface area contributed by atoms with Crippen molar-refractivity contribution < 1.29 is 9.53 Å². The Morgan fingerprint density at radius 2 is 2.20 bits per heavy atom. The molecule has 0 amide bonds. The fourth-order valence-electron chi connectivity index (χ4n) is 1.71. The van der Waals surface area contributed by atoms with Crippen molar-refractivity contribution in [3.63, 3.8) is 0 Å². The Morgan fingerprint density at radius 1 is 1.35 bits per heavy atom. The van der Waals surface area contributed by atoms with Gasteiger partial charge in [-0.1, -0.05) is 23.6 Å². The van der Waals surface area contributed by atoms with Crippen molar-refractivity contribution in [2.75, 3.05) is 12.9 Å². The van der Waals surface area contributed by atoms with Crippen LogP contribution in [0, 0.1) is 11.8 Å². The van der Waals surface area contributed by atoms with Crippen LogP contribution in [-0.4, -0.2) is 23.0 Å². The van der Waals surface area contributed by atoms with E-state index < -0.39 is 0 Å². The summed E-state index contributed by atoms with van der Waals surface area (Å²) < 4.78 is 5.09. The second-order valence-corrected chi connectivity index (χ2v) is 5.42. The molecule has 0 aliphatic rings. The first kappa shape index (κ1) is 14.4. The number of rotatable bonds is 3. The summed E-state index contributed by atoms with van der Waals surface area (Å²) in [6, 6.07) is 9.69. The maximum atomic E-state index is 10.8. The molecule has 0 fully saturated rings. The lowest BCUT2D eigenvalue weighted by molar-refractivity contribution is -0.109. The quantitative estimate of drug-likeness (QED) is 0.641. The molecule has 1 aromatic heterocycles. The summed E-state index contributed by atoms with van der Waals surface area (Å²) in [7, 11) is 1.60. The van der Waals surface area contributed by atoms with Gasteiger partial charge in [-0.2, -0.15) is 0 Å². The Morgan fingerprint density at radius 3 is 2.95 bits per heavy atom. The number of thioether (sulfide) groups is 1. The third-order valence-electron chi connectivity index (χ3n) is 2.64. The van der Waals surface area contributed by atoms with Gasteiger partial charge >= 0.3 is 0 Å². The fourth-order valence-corrected chi connectivity index (χ4v) is 2.20. The molecule has 0 aliphatic carbocycles. The van der Waals surface area contributed by atoms with E-state index in [9.17, 15) is 4.79 Å². The number of pyridine rings is 1. The summed E-state index contributed by atoms with van der Waals surface area (Å²) >= 11 is 1.31. The summed E-state index contributed by atoms with van der Waals surface area (Å²) in [5, 5.41) is 1.17. The zero-order chi connectivity index (χ0) is 14.4. The Kier molecular flexibility index (Phi) is 5.03. The van der Waals surface area contributed by atoms with E-state index in [0.29, 0.717) is 12.3 Å². The normalized spacial score (nSPS) is 9.90. The van der Waals surface area contributed by atoms with Crippen molar-refractivity contribution in [1.29, 1.82) is 0 Å². The summed E-state index contributed by atoms with van der Waals surface area (Å²) in [4.78, 5) is 15.1. The largest absolute Gasteiger partial charge is 0.481 e. The number of methoxy groups -OCH3 is 1. The van der Waals surface area contributed by atoms with Gasteiger partial charge in [-0.15, -0.1) is 0 Å². The van der Waals surface area contributed by atoms with Crippen LogP contribution in [-0.2, 0) is 4.79 Å². The Labute approximate surface area is 122 Å². The molecule has 0 radical (unpaired) electrons. The van der Waals surface area contributed by atoms with E-state index in [4.69, 9.17) is 4.74 Å². The minimum absolute atomic E-state index is 0.137. The SMILES string of the molecule is COc1ccc2cc(C#CCCSC(C)=O)ccc2n1. The van der Waals surface area contributed by atoms with Crippen LogP contribution in [0.3, 0.4) is 0 Å². The first-order chi connectivity index (χ1) is 9.69. The molecule has 0 atom stereocenters. The number of benzene rings is 1. The van der Waals surface area contributed by atoms with Gasteiger partial charge in [0.05, 0.1) is 12.6 Å². The molecule has 0 saturated heterocycles. The Balaban J connectivity index is 2.08. The third kappa shape index (κ3) is 4.01. The molecule has 102 valence electrons. The van der Waals surface area contributed by atoms with Crippen molar-refractivity contribution >= 4 is 27.8 Å². The van der Waals surface area contributed by atoms with E-state index in [1.807, 2.05) is 30.3 Å². The first-order valence-electron chi connectivity index (χ1n) is 6.26. The Bertz CT molecular complexity index is 686. The molecule has 0 saturated carbocycles. The highest BCUT2D eigenvalue weighted by Gasteiger charge is 1.98. The molecule has 0 N–H and O–H groups in total. The van der Waals surface area contributed by atoms with Gasteiger partial charge in [0.15, 0.2) is 5.12 Å². The zero-order valence-corrected chi connectivity index (χ0v) is 12.3. The minimum Gasteiger partial charge on any atom is -0.481 e. The Hall–Kier alpha value is -1.99. The number of fused-ring (bicyclic) bond motifs is 1. The van der Waals surface area contributed by atoms with Gasteiger partial charge in [-0.25, -0.2) is 4.98 Å². The molecule has 20 heavy (non-hydrogen) atoms. The monoisotopic (exact) mass is 285 g/mol. The predicted octanol–water partition coefficient (Wildman–Crippen LogP) is 3.26. The van der Waals surface area contributed by atoms with Crippen LogP contribution >= 0.6 is 11.8 Å². The third-order valence-corrected chi connectivity index (χ3v) is 3.45. The van der Waals surface area contributed by atoms with Crippen LogP contribution in [0.2, 0.25) is 0 Å². The molecule has 0 unspecified atom stereocenters. The summed E-state index contributed by atoms with van der Waals surface area (Å²) in [6.45, 7) is 1.57. The molecular weight excluding hydrogens is 270 g/mol. The van der Waals surface area contributed by atoms with Crippen molar-refractivity contribution in [2.24, 2.45) is 0 Å². The molecular formula is C16H15NO2S. The number of carbonyl (C=O) groups excluding carboxylic acids is 1. The van der Waals surface area contributed by atoms with Crippen LogP contribution in [0.5, 0.6) is 5.88 Å². The number of aromatic nitrogens is 1. The molecule has 4 heteroatoms. The molecule has 0 aliphatic heterocycles. The topological polar surface area (TPSA) is 39.2 Å². The molecule has 2 rings (SSSR count). The fraction of sp³-hybridized carbons (Fsp3) is 0.250. The summed E-state index contributed by atoms with van der Waals surface area (Å²) in [6.07, 6.45) is 0.711. The van der Waals surface area contributed by atoms with E-state index in [1.54, 1.807) is 14.0 Å². The van der Waals surface area contributed by atoms with E-state index in [-0.39, 0.29) is 5.12 Å². The van der Waals surface area contributed by atoms with Gasteiger partial charge in [0.1, 0.15) is 0 Å². The average Bonchev–Trinajstić information content (AvgIpc) is 2.46. The zero-order valence-electron chi connectivity index (χ0n) is 11.5. The second kappa shape index (κ2) is 6.97. The summed E-state index contributed by atoms with van der Waals surface area (Å²) in [5.74, 6) is 7.54. The van der Waals surface area contributed by atoms with Crippen molar-refractivity contribution in [3.8, 4) is 17.7 Å². The van der Waals surface area contributed by atoms with E-state index in [0.717, 1.165) is 22.2 Å². The van der Waals surface area contributed by atoms with Gasteiger partial charge in [0, 0.05) is 36.1 Å². The second-order valence-electron chi connectivity index (χ2n) is 4.15. The predicted molar refractivity (Wildman–Crippen MR) is 82.9 cm³/mol. The first-order valence-corrected chi connectivity index (χ1v) is 7.24. The average molecular weight is 285 g/mol. The highest BCUT2D eigenvalue weighted by molar-refractivity contribution is 8.13. The molecule has 1 aromatic carbocycles. The van der Waals surface area contributed by atoms with Crippen LogP contribution in [0.4, 0.5) is 0 Å².